The molecule has 13 heavy (non-hydrogen) atoms. The third-order valence-corrected chi connectivity index (χ3v) is 3.32. The molecule has 1 heterocycles. The van der Waals surface area contributed by atoms with Crippen molar-refractivity contribution in [3.05, 3.63) is 0 Å². The number of hydrogen-bond acceptors (Lipinski definition) is 2. The Bertz CT molecular complexity index is 185. The summed E-state index contributed by atoms with van der Waals surface area (Å²) in [6, 6.07) is 2.96. The van der Waals surface area contributed by atoms with Gasteiger partial charge in [-0.15, -0.1) is 0 Å². The van der Waals surface area contributed by atoms with Gasteiger partial charge in [0.2, 0.25) is 0 Å². The second kappa shape index (κ2) is 4.62. The first-order chi connectivity index (χ1) is 6.15. The lowest BCUT2D eigenvalue weighted by molar-refractivity contribution is 0.238. The van der Waals surface area contributed by atoms with Gasteiger partial charge >= 0.3 is 0 Å². The van der Waals surface area contributed by atoms with Gasteiger partial charge in [-0.2, -0.15) is 5.26 Å². The molecule has 1 aliphatic rings. The Labute approximate surface area is 81.3 Å². The summed E-state index contributed by atoms with van der Waals surface area (Å²) in [5, 5.41) is 12.2. The smallest absolute Gasteiger partial charge is 0.0669 e. The van der Waals surface area contributed by atoms with Gasteiger partial charge in [0.05, 0.1) is 12.0 Å². The van der Waals surface area contributed by atoms with Gasteiger partial charge in [-0.25, -0.2) is 0 Å². The van der Waals surface area contributed by atoms with Crippen molar-refractivity contribution in [2.75, 3.05) is 6.54 Å². The fraction of sp³-hybridized carbons (Fsp3) is 0.909. The normalized spacial score (nSPS) is 31.3. The minimum Gasteiger partial charge on any atom is -0.312 e. The van der Waals surface area contributed by atoms with Crippen LogP contribution in [0.2, 0.25) is 0 Å². The summed E-state index contributed by atoms with van der Waals surface area (Å²) >= 11 is 0. The highest BCUT2D eigenvalue weighted by Gasteiger charge is 2.25. The van der Waals surface area contributed by atoms with Crippen LogP contribution in [-0.4, -0.2) is 12.6 Å². The second-order valence-corrected chi connectivity index (χ2v) is 4.52. The highest BCUT2D eigenvalue weighted by atomic mass is 14.9. The Morgan fingerprint density at radius 1 is 1.31 bits per heavy atom. The highest BCUT2D eigenvalue weighted by Crippen LogP contribution is 2.23. The van der Waals surface area contributed by atoms with Crippen LogP contribution in [0.5, 0.6) is 0 Å². The monoisotopic (exact) mass is 180 g/mol. The SMILES string of the molecule is CC(C)C(C)C1CCC(C#N)CN1. The first-order valence-corrected chi connectivity index (χ1v) is 5.28. The molecule has 1 saturated heterocycles. The summed E-state index contributed by atoms with van der Waals surface area (Å²) in [4.78, 5) is 0. The van der Waals surface area contributed by atoms with E-state index in [0.29, 0.717) is 6.04 Å². The van der Waals surface area contributed by atoms with Crippen molar-refractivity contribution in [2.24, 2.45) is 17.8 Å². The van der Waals surface area contributed by atoms with Gasteiger partial charge in [0, 0.05) is 12.6 Å². The Kier molecular flexibility index (Phi) is 3.74. The molecule has 1 aliphatic heterocycles. The maximum Gasteiger partial charge on any atom is 0.0669 e. The molecular formula is C11H20N2. The molecule has 2 heteroatoms. The number of rotatable bonds is 2. The van der Waals surface area contributed by atoms with Crippen LogP contribution in [0.15, 0.2) is 0 Å². The quantitative estimate of drug-likeness (QED) is 0.707. The molecule has 1 fully saturated rings. The minimum atomic E-state index is 0.246. The fourth-order valence-corrected chi connectivity index (χ4v) is 1.90. The third kappa shape index (κ3) is 2.70. The Morgan fingerprint density at radius 2 is 2.00 bits per heavy atom. The van der Waals surface area contributed by atoms with Gasteiger partial charge in [0.1, 0.15) is 0 Å². The van der Waals surface area contributed by atoms with Gasteiger partial charge in [-0.3, -0.25) is 0 Å². The summed E-state index contributed by atoms with van der Waals surface area (Å²) in [6.45, 7) is 7.72. The van der Waals surface area contributed by atoms with Crippen molar-refractivity contribution in [3.8, 4) is 6.07 Å². The number of nitrogens with zero attached hydrogens (tertiary/aromatic N) is 1. The maximum absolute atomic E-state index is 8.74. The van der Waals surface area contributed by atoms with E-state index in [1.165, 1.54) is 0 Å². The molecule has 0 aromatic rings. The topological polar surface area (TPSA) is 35.8 Å². The van der Waals surface area contributed by atoms with E-state index in [1.54, 1.807) is 0 Å². The number of nitrogens with one attached hydrogen (secondary N) is 1. The fourth-order valence-electron chi connectivity index (χ4n) is 1.90. The molecule has 0 aromatic heterocycles. The number of hydrogen-bond donors (Lipinski definition) is 1. The van der Waals surface area contributed by atoms with Gasteiger partial charge in [-0.1, -0.05) is 20.8 Å². The highest BCUT2D eigenvalue weighted by molar-refractivity contribution is 4.91. The van der Waals surface area contributed by atoms with E-state index in [0.717, 1.165) is 31.2 Å². The van der Waals surface area contributed by atoms with E-state index in [2.05, 4.69) is 32.2 Å². The zero-order chi connectivity index (χ0) is 9.84. The van der Waals surface area contributed by atoms with Crippen LogP contribution < -0.4 is 5.32 Å². The van der Waals surface area contributed by atoms with Crippen molar-refractivity contribution in [1.29, 1.82) is 5.26 Å². The largest absolute Gasteiger partial charge is 0.312 e. The second-order valence-electron chi connectivity index (χ2n) is 4.52. The van der Waals surface area contributed by atoms with E-state index in [1.807, 2.05) is 0 Å². The predicted octanol–water partition coefficient (Wildman–Crippen LogP) is 2.17. The molecule has 74 valence electrons. The molecule has 0 aliphatic carbocycles. The lowest BCUT2D eigenvalue weighted by Gasteiger charge is -2.33. The Balaban J connectivity index is 2.37. The van der Waals surface area contributed by atoms with E-state index < -0.39 is 0 Å². The molecule has 0 radical (unpaired) electrons. The Morgan fingerprint density at radius 3 is 2.38 bits per heavy atom. The average Bonchev–Trinajstić information content (AvgIpc) is 2.17. The summed E-state index contributed by atoms with van der Waals surface area (Å²) in [7, 11) is 0. The molecule has 0 amide bonds. The summed E-state index contributed by atoms with van der Waals surface area (Å²) in [5.41, 5.74) is 0. The van der Waals surface area contributed by atoms with Crippen LogP contribution in [0.3, 0.4) is 0 Å². The summed E-state index contributed by atoms with van der Waals surface area (Å²) in [6.07, 6.45) is 2.24. The minimum absolute atomic E-state index is 0.246. The summed E-state index contributed by atoms with van der Waals surface area (Å²) in [5.74, 6) is 1.70. The van der Waals surface area contributed by atoms with Crippen molar-refractivity contribution < 1.29 is 0 Å². The predicted molar refractivity (Wildman–Crippen MR) is 54.1 cm³/mol. The number of nitriles is 1. The zero-order valence-corrected chi connectivity index (χ0v) is 8.88. The first-order valence-electron chi connectivity index (χ1n) is 5.28. The molecule has 1 rings (SSSR count). The maximum atomic E-state index is 8.74. The first kappa shape index (κ1) is 10.5. The number of piperidine rings is 1. The van der Waals surface area contributed by atoms with Gasteiger partial charge in [0.25, 0.3) is 0 Å². The van der Waals surface area contributed by atoms with E-state index in [9.17, 15) is 0 Å². The van der Waals surface area contributed by atoms with Gasteiger partial charge < -0.3 is 5.32 Å². The molecular weight excluding hydrogens is 160 g/mol. The molecule has 0 aromatic carbocycles. The Hall–Kier alpha value is -0.550. The lowest BCUT2D eigenvalue weighted by Crippen LogP contribution is -2.43. The van der Waals surface area contributed by atoms with Crippen molar-refractivity contribution in [2.45, 2.75) is 39.7 Å². The molecule has 3 atom stereocenters. The van der Waals surface area contributed by atoms with Crippen molar-refractivity contribution >= 4 is 0 Å². The van der Waals surface area contributed by atoms with Crippen LogP contribution in [0, 0.1) is 29.1 Å². The third-order valence-electron chi connectivity index (χ3n) is 3.32. The van der Waals surface area contributed by atoms with Crippen LogP contribution in [0.4, 0.5) is 0 Å². The molecule has 1 N–H and O–H groups in total. The molecule has 0 bridgehead atoms. The lowest BCUT2D eigenvalue weighted by atomic mass is 9.83. The van der Waals surface area contributed by atoms with Gasteiger partial charge in [0.15, 0.2) is 0 Å². The zero-order valence-electron chi connectivity index (χ0n) is 8.88. The summed E-state index contributed by atoms with van der Waals surface area (Å²) < 4.78 is 0. The van der Waals surface area contributed by atoms with Crippen molar-refractivity contribution in [3.63, 3.8) is 0 Å². The average molecular weight is 180 g/mol. The van der Waals surface area contributed by atoms with Gasteiger partial charge in [-0.05, 0) is 24.7 Å². The molecule has 0 spiro atoms. The standard InChI is InChI=1S/C11H20N2/c1-8(2)9(3)11-5-4-10(6-12)7-13-11/h8-11,13H,4-5,7H2,1-3H3. The van der Waals surface area contributed by atoms with Crippen LogP contribution in [-0.2, 0) is 0 Å². The van der Waals surface area contributed by atoms with Crippen LogP contribution >= 0.6 is 0 Å². The van der Waals surface area contributed by atoms with Crippen LogP contribution in [0.25, 0.3) is 0 Å². The molecule has 2 nitrogen and oxygen atoms in total. The van der Waals surface area contributed by atoms with Crippen molar-refractivity contribution in [1.82, 2.24) is 5.32 Å². The molecule has 0 saturated carbocycles. The van der Waals surface area contributed by atoms with E-state index in [4.69, 9.17) is 5.26 Å². The van der Waals surface area contributed by atoms with Crippen LogP contribution in [0.1, 0.15) is 33.6 Å². The van der Waals surface area contributed by atoms with E-state index in [-0.39, 0.29) is 5.92 Å². The molecule has 3 unspecified atom stereocenters. The van der Waals surface area contributed by atoms with E-state index >= 15 is 0 Å².